The van der Waals surface area contributed by atoms with E-state index in [0.717, 1.165) is 59.7 Å². The molecule has 0 aliphatic carbocycles. The van der Waals surface area contributed by atoms with Crippen LogP contribution in [0.5, 0.6) is 5.75 Å². The number of phenolic OH excluding ortho intramolecular Hbond substituents is 1. The largest absolute Gasteiger partial charge is 0.508 e. The minimum Gasteiger partial charge on any atom is -0.508 e. The molecule has 2 aliphatic heterocycles. The standard InChI is InChI=1S/C18H19N3O2/c1-11-8-12(2-3-16(11)22)9-13-5-7-21-15-4-6-19-10-14(15)18(23)20-17(13)21/h2-3,8-9,19,22H,4-7,10H2,1H3/b13-9+. The Morgan fingerprint density at radius 1 is 1.35 bits per heavy atom. The Hall–Kier alpha value is -2.40. The summed E-state index contributed by atoms with van der Waals surface area (Å²) >= 11 is 0. The normalized spacial score (nSPS) is 18.0. The SMILES string of the molecule is Cc1cc(/C=C2\CCn3c2nc(=O)c2c3CCNC2)ccc1O. The van der Waals surface area contributed by atoms with Gasteiger partial charge in [-0.2, -0.15) is 4.98 Å². The number of aryl methyl sites for hydroxylation is 1. The molecule has 0 atom stereocenters. The third kappa shape index (κ3) is 2.37. The Bertz CT molecular complexity index is 881. The first-order valence-electron chi connectivity index (χ1n) is 7.97. The molecular formula is C18H19N3O2. The zero-order chi connectivity index (χ0) is 16.0. The van der Waals surface area contributed by atoms with Crippen molar-refractivity contribution in [2.24, 2.45) is 0 Å². The summed E-state index contributed by atoms with van der Waals surface area (Å²) in [6.07, 6.45) is 3.84. The molecule has 0 fully saturated rings. The first-order valence-corrected chi connectivity index (χ1v) is 7.97. The second kappa shape index (κ2) is 5.35. The number of hydrogen-bond donors (Lipinski definition) is 2. The maximum Gasteiger partial charge on any atom is 0.277 e. The van der Waals surface area contributed by atoms with Crippen molar-refractivity contribution in [3.05, 3.63) is 56.8 Å². The second-order valence-electron chi connectivity index (χ2n) is 6.21. The molecule has 2 N–H and O–H groups in total. The second-order valence-corrected chi connectivity index (χ2v) is 6.21. The summed E-state index contributed by atoms with van der Waals surface area (Å²) in [5, 5.41) is 12.9. The molecule has 0 bridgehead atoms. The lowest BCUT2D eigenvalue weighted by Gasteiger charge is -2.20. The molecule has 0 amide bonds. The Morgan fingerprint density at radius 2 is 2.22 bits per heavy atom. The highest BCUT2D eigenvalue weighted by molar-refractivity contribution is 5.80. The van der Waals surface area contributed by atoms with Gasteiger partial charge in [0, 0.05) is 31.7 Å². The fourth-order valence-electron chi connectivity index (χ4n) is 3.46. The summed E-state index contributed by atoms with van der Waals surface area (Å²) < 4.78 is 2.21. The minimum atomic E-state index is -0.104. The lowest BCUT2D eigenvalue weighted by atomic mass is 10.1. The molecule has 4 rings (SSSR count). The van der Waals surface area contributed by atoms with E-state index in [2.05, 4.69) is 20.9 Å². The van der Waals surface area contributed by atoms with Gasteiger partial charge < -0.3 is 15.0 Å². The molecule has 0 saturated carbocycles. The van der Waals surface area contributed by atoms with Crippen LogP contribution < -0.4 is 10.9 Å². The van der Waals surface area contributed by atoms with Crippen LogP contribution in [0.4, 0.5) is 0 Å². The highest BCUT2D eigenvalue weighted by Crippen LogP contribution is 2.30. The zero-order valence-corrected chi connectivity index (χ0v) is 13.1. The van der Waals surface area contributed by atoms with Crippen molar-refractivity contribution in [2.45, 2.75) is 32.9 Å². The number of rotatable bonds is 1. The molecule has 118 valence electrons. The van der Waals surface area contributed by atoms with Crippen molar-refractivity contribution in [2.75, 3.05) is 6.54 Å². The molecule has 23 heavy (non-hydrogen) atoms. The first-order chi connectivity index (χ1) is 11.1. The Labute approximate surface area is 134 Å². The van der Waals surface area contributed by atoms with Crippen LogP contribution in [0.2, 0.25) is 0 Å². The quantitative estimate of drug-likeness (QED) is 0.843. The first kappa shape index (κ1) is 14.2. The van der Waals surface area contributed by atoms with Crippen molar-refractivity contribution in [1.29, 1.82) is 0 Å². The molecule has 5 heteroatoms. The van der Waals surface area contributed by atoms with Gasteiger partial charge >= 0.3 is 0 Å². The van der Waals surface area contributed by atoms with Crippen LogP contribution in [0.1, 0.15) is 34.6 Å². The van der Waals surface area contributed by atoms with Gasteiger partial charge in [-0.05, 0) is 48.3 Å². The number of phenols is 1. The van der Waals surface area contributed by atoms with Gasteiger partial charge in [0.2, 0.25) is 0 Å². The van der Waals surface area contributed by atoms with E-state index in [-0.39, 0.29) is 5.56 Å². The lowest BCUT2D eigenvalue weighted by molar-refractivity contribution is 0.471. The lowest BCUT2D eigenvalue weighted by Crippen LogP contribution is -2.34. The monoisotopic (exact) mass is 309 g/mol. The van der Waals surface area contributed by atoms with Gasteiger partial charge in [-0.25, -0.2) is 0 Å². The summed E-state index contributed by atoms with van der Waals surface area (Å²) in [6.45, 7) is 4.30. The number of benzene rings is 1. The van der Waals surface area contributed by atoms with E-state index in [1.807, 2.05) is 19.1 Å². The number of hydrogen-bond acceptors (Lipinski definition) is 4. The molecule has 0 saturated heterocycles. The van der Waals surface area contributed by atoms with Gasteiger partial charge in [0.15, 0.2) is 0 Å². The number of allylic oxidation sites excluding steroid dienone is 1. The van der Waals surface area contributed by atoms with E-state index in [4.69, 9.17) is 0 Å². The molecule has 2 aromatic rings. The van der Waals surface area contributed by atoms with Crippen molar-refractivity contribution in [3.63, 3.8) is 0 Å². The fourth-order valence-corrected chi connectivity index (χ4v) is 3.46. The average Bonchev–Trinajstić information content (AvgIpc) is 2.94. The number of nitrogens with one attached hydrogen (secondary N) is 1. The number of fused-ring (bicyclic) bond motifs is 3. The van der Waals surface area contributed by atoms with Crippen LogP contribution in [0.3, 0.4) is 0 Å². The summed E-state index contributed by atoms with van der Waals surface area (Å²) in [6, 6.07) is 5.54. The minimum absolute atomic E-state index is 0.104. The predicted molar refractivity (Wildman–Crippen MR) is 89.2 cm³/mol. The van der Waals surface area contributed by atoms with Crippen LogP contribution in [-0.4, -0.2) is 21.2 Å². The average molecular weight is 309 g/mol. The van der Waals surface area contributed by atoms with Crippen molar-refractivity contribution in [3.8, 4) is 5.75 Å². The maximum atomic E-state index is 12.3. The smallest absolute Gasteiger partial charge is 0.277 e. The maximum absolute atomic E-state index is 12.3. The molecule has 0 unspecified atom stereocenters. The van der Waals surface area contributed by atoms with Gasteiger partial charge in [0.05, 0.1) is 5.56 Å². The number of aromatic nitrogens is 2. The van der Waals surface area contributed by atoms with Gasteiger partial charge in [0.1, 0.15) is 11.6 Å². The van der Waals surface area contributed by atoms with E-state index >= 15 is 0 Å². The van der Waals surface area contributed by atoms with Gasteiger partial charge in [0.25, 0.3) is 5.56 Å². The Balaban J connectivity index is 1.81. The van der Waals surface area contributed by atoms with Gasteiger partial charge in [-0.15, -0.1) is 0 Å². The third-order valence-corrected chi connectivity index (χ3v) is 4.69. The molecule has 0 spiro atoms. The van der Waals surface area contributed by atoms with E-state index in [1.54, 1.807) is 6.07 Å². The number of nitrogens with zero attached hydrogens (tertiary/aromatic N) is 2. The Morgan fingerprint density at radius 3 is 3.04 bits per heavy atom. The van der Waals surface area contributed by atoms with E-state index < -0.39 is 0 Å². The topological polar surface area (TPSA) is 67.2 Å². The van der Waals surface area contributed by atoms with Crippen LogP contribution in [0.15, 0.2) is 23.0 Å². The molecule has 0 radical (unpaired) electrons. The molecule has 2 aliphatic rings. The molecule has 3 heterocycles. The van der Waals surface area contributed by atoms with E-state index in [1.165, 1.54) is 0 Å². The van der Waals surface area contributed by atoms with Crippen molar-refractivity contribution < 1.29 is 5.11 Å². The molecule has 1 aromatic heterocycles. The Kier molecular flexibility index (Phi) is 3.31. The van der Waals surface area contributed by atoms with Crippen LogP contribution >= 0.6 is 0 Å². The molecule has 1 aromatic carbocycles. The highest BCUT2D eigenvalue weighted by atomic mass is 16.3. The van der Waals surface area contributed by atoms with Gasteiger partial charge in [-0.3, -0.25) is 4.79 Å². The van der Waals surface area contributed by atoms with Crippen molar-refractivity contribution >= 4 is 11.6 Å². The highest BCUT2D eigenvalue weighted by Gasteiger charge is 2.25. The van der Waals surface area contributed by atoms with E-state index in [0.29, 0.717) is 12.3 Å². The molecular weight excluding hydrogens is 290 g/mol. The summed E-state index contributed by atoms with van der Waals surface area (Å²) in [4.78, 5) is 16.6. The number of aromatic hydroxyl groups is 1. The van der Waals surface area contributed by atoms with Crippen LogP contribution in [-0.2, 0) is 19.5 Å². The summed E-state index contributed by atoms with van der Waals surface area (Å²) in [5.41, 5.74) is 4.82. The van der Waals surface area contributed by atoms with Crippen LogP contribution in [0, 0.1) is 6.92 Å². The zero-order valence-electron chi connectivity index (χ0n) is 13.1. The third-order valence-electron chi connectivity index (χ3n) is 4.69. The fraction of sp³-hybridized carbons (Fsp3) is 0.333. The summed E-state index contributed by atoms with van der Waals surface area (Å²) in [5.74, 6) is 1.11. The molecule has 5 nitrogen and oxygen atoms in total. The van der Waals surface area contributed by atoms with Crippen molar-refractivity contribution in [1.82, 2.24) is 14.9 Å². The van der Waals surface area contributed by atoms with E-state index in [9.17, 15) is 9.90 Å². The van der Waals surface area contributed by atoms with Gasteiger partial charge in [-0.1, -0.05) is 6.07 Å². The van der Waals surface area contributed by atoms with Crippen LogP contribution in [0.25, 0.3) is 11.6 Å². The predicted octanol–water partition coefficient (Wildman–Crippen LogP) is 1.85. The summed E-state index contributed by atoms with van der Waals surface area (Å²) in [7, 11) is 0.